The lowest BCUT2D eigenvalue weighted by Crippen LogP contribution is -2.26. The summed E-state index contributed by atoms with van der Waals surface area (Å²) in [6.45, 7) is 4.67. The highest BCUT2D eigenvalue weighted by Crippen LogP contribution is 2.25. The summed E-state index contributed by atoms with van der Waals surface area (Å²) in [5, 5.41) is 0. The summed E-state index contributed by atoms with van der Waals surface area (Å²) in [5.41, 5.74) is 8.87. The minimum atomic E-state index is 0.154. The third-order valence-electron chi connectivity index (χ3n) is 3.11. The Bertz CT molecular complexity index is 432. The van der Waals surface area contributed by atoms with E-state index in [0.717, 1.165) is 24.3 Å². The molecule has 1 aromatic rings. The van der Waals surface area contributed by atoms with Crippen molar-refractivity contribution in [1.82, 2.24) is 4.90 Å². The van der Waals surface area contributed by atoms with Gasteiger partial charge in [-0.25, -0.2) is 0 Å². The van der Waals surface area contributed by atoms with Crippen LogP contribution in [0.15, 0.2) is 18.2 Å². The average Bonchev–Trinajstić information content (AvgIpc) is 2.77. The molecule has 0 saturated heterocycles. The quantitative estimate of drug-likeness (QED) is 0.640. The van der Waals surface area contributed by atoms with Gasteiger partial charge in [-0.3, -0.25) is 4.79 Å². The minimum absolute atomic E-state index is 0.154. The first-order valence-corrected chi connectivity index (χ1v) is 6.43. The predicted octanol–water partition coefficient (Wildman–Crippen LogP) is 1.93. The zero-order valence-electron chi connectivity index (χ0n) is 10.8. The van der Waals surface area contributed by atoms with Gasteiger partial charge in [-0.05, 0) is 29.7 Å². The van der Waals surface area contributed by atoms with Gasteiger partial charge in [-0.15, -0.1) is 0 Å². The third kappa shape index (κ3) is 3.01. The molecule has 98 valence electrons. The van der Waals surface area contributed by atoms with Gasteiger partial charge in [0.25, 0.3) is 0 Å². The summed E-state index contributed by atoms with van der Waals surface area (Å²) in [5.74, 6) is 0.154. The van der Waals surface area contributed by atoms with Gasteiger partial charge in [0, 0.05) is 25.4 Å². The predicted molar refractivity (Wildman–Crippen MR) is 70.8 cm³/mol. The van der Waals surface area contributed by atoms with Gasteiger partial charge in [0.2, 0.25) is 5.91 Å². The third-order valence-corrected chi connectivity index (χ3v) is 3.11. The van der Waals surface area contributed by atoms with E-state index < -0.39 is 0 Å². The molecule has 18 heavy (non-hydrogen) atoms. The number of benzene rings is 1. The van der Waals surface area contributed by atoms with Crippen molar-refractivity contribution in [2.75, 3.05) is 18.9 Å². The first kappa shape index (κ1) is 12.9. The van der Waals surface area contributed by atoms with E-state index in [1.165, 1.54) is 5.56 Å². The highest BCUT2D eigenvalue weighted by atomic mass is 16.5. The number of amides is 1. The topological polar surface area (TPSA) is 55.6 Å². The molecule has 0 fully saturated rings. The van der Waals surface area contributed by atoms with Crippen LogP contribution in [0.3, 0.4) is 0 Å². The second-order valence-corrected chi connectivity index (χ2v) is 4.64. The van der Waals surface area contributed by atoms with Crippen LogP contribution >= 0.6 is 0 Å². The first-order valence-electron chi connectivity index (χ1n) is 6.43. The van der Waals surface area contributed by atoms with Crippen LogP contribution in [-0.4, -0.2) is 24.0 Å². The number of nitrogens with zero attached hydrogens (tertiary/aromatic N) is 1. The molecule has 4 nitrogen and oxygen atoms in total. The zero-order valence-corrected chi connectivity index (χ0v) is 10.8. The SMILES string of the molecule is CCCOCCC(=O)N1Cc2ccc(N)cc2C1. The Morgan fingerprint density at radius 1 is 1.33 bits per heavy atom. The molecule has 0 spiro atoms. The summed E-state index contributed by atoms with van der Waals surface area (Å²) >= 11 is 0. The molecule has 2 N–H and O–H groups in total. The van der Waals surface area contributed by atoms with Crippen molar-refractivity contribution in [3.63, 3.8) is 0 Å². The van der Waals surface area contributed by atoms with Crippen molar-refractivity contribution in [1.29, 1.82) is 0 Å². The lowest BCUT2D eigenvalue weighted by atomic mass is 10.1. The van der Waals surface area contributed by atoms with Crippen LogP contribution in [0.25, 0.3) is 0 Å². The Hall–Kier alpha value is -1.55. The van der Waals surface area contributed by atoms with Crippen LogP contribution in [-0.2, 0) is 22.6 Å². The van der Waals surface area contributed by atoms with Crippen LogP contribution in [0.5, 0.6) is 0 Å². The molecule has 1 aliphatic rings. The molecule has 0 atom stereocenters. The molecule has 1 aromatic carbocycles. The van der Waals surface area contributed by atoms with E-state index in [1.807, 2.05) is 23.1 Å². The van der Waals surface area contributed by atoms with Crippen molar-refractivity contribution in [2.45, 2.75) is 32.9 Å². The van der Waals surface area contributed by atoms with Crippen LogP contribution in [0.4, 0.5) is 5.69 Å². The smallest absolute Gasteiger partial charge is 0.225 e. The maximum Gasteiger partial charge on any atom is 0.225 e. The molecular formula is C14H20N2O2. The number of nitrogen functional groups attached to an aromatic ring is 1. The molecule has 0 unspecified atom stereocenters. The van der Waals surface area contributed by atoms with Gasteiger partial charge in [0.05, 0.1) is 13.0 Å². The van der Waals surface area contributed by atoms with Crippen LogP contribution in [0, 0.1) is 0 Å². The number of carbonyl (C=O) groups is 1. The zero-order chi connectivity index (χ0) is 13.0. The molecule has 1 aliphatic heterocycles. The fourth-order valence-corrected chi connectivity index (χ4v) is 2.15. The Balaban J connectivity index is 1.84. The Kier molecular flexibility index (Phi) is 4.20. The van der Waals surface area contributed by atoms with Gasteiger partial charge >= 0.3 is 0 Å². The van der Waals surface area contributed by atoms with Crippen molar-refractivity contribution < 1.29 is 9.53 Å². The molecule has 0 aromatic heterocycles. The van der Waals surface area contributed by atoms with Gasteiger partial charge in [-0.2, -0.15) is 0 Å². The van der Waals surface area contributed by atoms with E-state index in [9.17, 15) is 4.79 Å². The number of fused-ring (bicyclic) bond motifs is 1. The Morgan fingerprint density at radius 2 is 2.11 bits per heavy atom. The molecule has 0 radical (unpaired) electrons. The van der Waals surface area contributed by atoms with Gasteiger partial charge in [0.1, 0.15) is 0 Å². The maximum absolute atomic E-state index is 12.0. The summed E-state index contributed by atoms with van der Waals surface area (Å²) in [7, 11) is 0. The number of carbonyl (C=O) groups excluding carboxylic acids is 1. The summed E-state index contributed by atoms with van der Waals surface area (Å²) in [6.07, 6.45) is 1.45. The van der Waals surface area contributed by atoms with E-state index >= 15 is 0 Å². The number of rotatable bonds is 5. The number of anilines is 1. The van der Waals surface area contributed by atoms with Gasteiger partial charge in [0.15, 0.2) is 0 Å². The van der Waals surface area contributed by atoms with Crippen molar-refractivity contribution in [2.24, 2.45) is 0 Å². The molecule has 4 heteroatoms. The van der Waals surface area contributed by atoms with Crippen molar-refractivity contribution >= 4 is 11.6 Å². The highest BCUT2D eigenvalue weighted by Gasteiger charge is 2.22. The lowest BCUT2D eigenvalue weighted by Gasteiger charge is -2.15. The van der Waals surface area contributed by atoms with E-state index in [0.29, 0.717) is 26.1 Å². The molecular weight excluding hydrogens is 228 g/mol. The molecule has 1 amide bonds. The van der Waals surface area contributed by atoms with E-state index in [4.69, 9.17) is 10.5 Å². The molecule has 2 rings (SSSR count). The second kappa shape index (κ2) is 5.87. The van der Waals surface area contributed by atoms with E-state index in [-0.39, 0.29) is 5.91 Å². The van der Waals surface area contributed by atoms with Gasteiger partial charge in [-0.1, -0.05) is 13.0 Å². The van der Waals surface area contributed by atoms with Gasteiger partial charge < -0.3 is 15.4 Å². The maximum atomic E-state index is 12.0. The normalized spacial score (nSPS) is 13.7. The molecule has 0 aliphatic carbocycles. The molecule has 1 heterocycles. The van der Waals surface area contributed by atoms with Crippen molar-refractivity contribution in [3.8, 4) is 0 Å². The van der Waals surface area contributed by atoms with Crippen LogP contribution in [0.2, 0.25) is 0 Å². The number of ether oxygens (including phenoxy) is 1. The number of nitrogens with two attached hydrogens (primary N) is 1. The Morgan fingerprint density at radius 3 is 2.89 bits per heavy atom. The average molecular weight is 248 g/mol. The second-order valence-electron chi connectivity index (χ2n) is 4.64. The first-order chi connectivity index (χ1) is 8.70. The molecule has 0 bridgehead atoms. The van der Waals surface area contributed by atoms with Crippen molar-refractivity contribution in [3.05, 3.63) is 29.3 Å². The van der Waals surface area contributed by atoms with Crippen LogP contribution < -0.4 is 5.73 Å². The van der Waals surface area contributed by atoms with Crippen LogP contribution in [0.1, 0.15) is 30.9 Å². The number of hydrogen-bond donors (Lipinski definition) is 1. The summed E-state index contributed by atoms with van der Waals surface area (Å²) < 4.78 is 5.34. The summed E-state index contributed by atoms with van der Waals surface area (Å²) in [4.78, 5) is 13.8. The van der Waals surface area contributed by atoms with E-state index in [1.54, 1.807) is 0 Å². The largest absolute Gasteiger partial charge is 0.399 e. The number of hydrogen-bond acceptors (Lipinski definition) is 3. The summed E-state index contributed by atoms with van der Waals surface area (Å²) in [6, 6.07) is 5.85. The Labute approximate surface area is 108 Å². The molecule has 0 saturated carbocycles. The fraction of sp³-hybridized carbons (Fsp3) is 0.500. The highest BCUT2D eigenvalue weighted by molar-refractivity contribution is 5.77. The lowest BCUT2D eigenvalue weighted by molar-refractivity contribution is -0.132. The standard InChI is InChI=1S/C14H20N2O2/c1-2-6-18-7-5-14(17)16-9-11-3-4-13(15)8-12(11)10-16/h3-4,8H,2,5-7,9-10,15H2,1H3. The van der Waals surface area contributed by atoms with E-state index in [2.05, 4.69) is 6.92 Å². The minimum Gasteiger partial charge on any atom is -0.399 e. The monoisotopic (exact) mass is 248 g/mol. The fourth-order valence-electron chi connectivity index (χ4n) is 2.15.